The summed E-state index contributed by atoms with van der Waals surface area (Å²) in [7, 11) is 2.99. The molecule has 0 aliphatic carbocycles. The van der Waals surface area contributed by atoms with Gasteiger partial charge in [-0.2, -0.15) is 0 Å². The maximum atomic E-state index is 12.7. The number of hydrogen-bond donors (Lipinski definition) is 1. The van der Waals surface area contributed by atoms with Crippen LogP contribution in [0.1, 0.15) is 6.92 Å². The molecule has 9 heteroatoms. The van der Waals surface area contributed by atoms with Crippen molar-refractivity contribution in [2.45, 2.75) is 13.5 Å². The van der Waals surface area contributed by atoms with Crippen molar-refractivity contribution in [3.05, 3.63) is 75.6 Å². The lowest BCUT2D eigenvalue weighted by molar-refractivity contribution is -0.116. The molecule has 162 valence electrons. The van der Waals surface area contributed by atoms with Crippen molar-refractivity contribution < 1.29 is 19.0 Å². The van der Waals surface area contributed by atoms with Crippen molar-refractivity contribution in [2.75, 3.05) is 26.1 Å². The Morgan fingerprint density at radius 3 is 2.45 bits per heavy atom. The molecule has 0 unspecified atom stereocenters. The molecule has 0 aliphatic heterocycles. The fraction of sp³-hybridized carbons (Fsp3) is 0.227. The highest BCUT2D eigenvalue weighted by Crippen LogP contribution is 2.29. The van der Waals surface area contributed by atoms with Gasteiger partial charge in [0, 0.05) is 18.5 Å². The number of nitrogens with one attached hydrogen (secondary N) is 1. The van der Waals surface area contributed by atoms with Crippen LogP contribution in [0.25, 0.3) is 5.69 Å². The smallest absolute Gasteiger partial charge is 0.321 e. The van der Waals surface area contributed by atoms with E-state index in [0.29, 0.717) is 35.2 Å². The van der Waals surface area contributed by atoms with Crippen molar-refractivity contribution >= 4 is 11.6 Å². The fourth-order valence-electron chi connectivity index (χ4n) is 3.00. The van der Waals surface area contributed by atoms with E-state index in [0.717, 1.165) is 4.57 Å². The number of para-hydroxylation sites is 2. The Kier molecular flexibility index (Phi) is 6.76. The molecule has 0 atom stereocenters. The summed E-state index contributed by atoms with van der Waals surface area (Å²) in [6.07, 6.45) is 2.82. The Bertz CT molecular complexity index is 1200. The lowest BCUT2D eigenvalue weighted by Gasteiger charge is -2.14. The summed E-state index contributed by atoms with van der Waals surface area (Å²) in [5.41, 5.74) is -0.749. The maximum Gasteiger partial charge on any atom is 0.321 e. The third-order valence-electron chi connectivity index (χ3n) is 4.48. The molecule has 1 heterocycles. The number of carbonyl (C=O) groups is 1. The van der Waals surface area contributed by atoms with Crippen LogP contribution in [-0.4, -0.2) is 35.9 Å². The Hall–Kier alpha value is -4.01. The van der Waals surface area contributed by atoms with Crippen molar-refractivity contribution in [3.8, 4) is 22.9 Å². The zero-order valence-electron chi connectivity index (χ0n) is 17.5. The van der Waals surface area contributed by atoms with E-state index in [2.05, 4.69) is 5.32 Å². The second-order valence-corrected chi connectivity index (χ2v) is 6.42. The van der Waals surface area contributed by atoms with Crippen molar-refractivity contribution in [2.24, 2.45) is 0 Å². The number of methoxy groups -OCH3 is 2. The molecule has 1 amide bonds. The van der Waals surface area contributed by atoms with Crippen LogP contribution < -0.4 is 30.6 Å². The van der Waals surface area contributed by atoms with E-state index in [1.54, 1.807) is 42.5 Å². The van der Waals surface area contributed by atoms with E-state index in [-0.39, 0.29) is 6.54 Å². The zero-order chi connectivity index (χ0) is 22.4. The first-order valence-corrected chi connectivity index (χ1v) is 9.54. The first-order valence-electron chi connectivity index (χ1n) is 9.54. The predicted molar refractivity (Wildman–Crippen MR) is 116 cm³/mol. The van der Waals surface area contributed by atoms with Crippen LogP contribution in [0.2, 0.25) is 0 Å². The highest BCUT2D eigenvalue weighted by molar-refractivity contribution is 5.92. The molecule has 31 heavy (non-hydrogen) atoms. The van der Waals surface area contributed by atoms with Gasteiger partial charge in [-0.1, -0.05) is 12.1 Å². The minimum atomic E-state index is -0.828. The monoisotopic (exact) mass is 425 g/mol. The van der Waals surface area contributed by atoms with Crippen LogP contribution >= 0.6 is 0 Å². The van der Waals surface area contributed by atoms with Gasteiger partial charge < -0.3 is 19.5 Å². The van der Waals surface area contributed by atoms with Gasteiger partial charge in [0.25, 0.3) is 0 Å². The molecule has 0 saturated heterocycles. The Labute approximate surface area is 178 Å². The highest BCUT2D eigenvalue weighted by atomic mass is 16.5. The molecular formula is C22H23N3O6. The molecule has 9 nitrogen and oxygen atoms in total. The van der Waals surface area contributed by atoms with Crippen LogP contribution in [0.5, 0.6) is 17.2 Å². The van der Waals surface area contributed by atoms with Gasteiger partial charge in [-0.3, -0.25) is 23.5 Å². The van der Waals surface area contributed by atoms with E-state index in [1.165, 1.54) is 31.2 Å². The molecular weight excluding hydrogens is 402 g/mol. The summed E-state index contributed by atoms with van der Waals surface area (Å²) < 4.78 is 18.2. The Morgan fingerprint density at radius 2 is 1.74 bits per heavy atom. The van der Waals surface area contributed by atoms with Gasteiger partial charge >= 0.3 is 11.1 Å². The number of anilines is 1. The third kappa shape index (κ3) is 4.77. The number of nitrogens with zero attached hydrogens (tertiary/aromatic N) is 2. The molecule has 0 spiro atoms. The van der Waals surface area contributed by atoms with Gasteiger partial charge in [-0.15, -0.1) is 0 Å². The topological polar surface area (TPSA) is 101 Å². The molecule has 1 N–H and O–H groups in total. The largest absolute Gasteiger partial charge is 0.497 e. The second-order valence-electron chi connectivity index (χ2n) is 6.42. The van der Waals surface area contributed by atoms with Gasteiger partial charge in [0.15, 0.2) is 0 Å². The average molecular weight is 425 g/mol. The van der Waals surface area contributed by atoms with Crippen molar-refractivity contribution in [1.82, 2.24) is 9.13 Å². The molecule has 0 bridgehead atoms. The molecule has 2 aromatic carbocycles. The molecule has 3 rings (SSSR count). The van der Waals surface area contributed by atoms with E-state index < -0.39 is 17.0 Å². The minimum absolute atomic E-state index is 0.336. The lowest BCUT2D eigenvalue weighted by Crippen LogP contribution is -2.41. The molecule has 1 aromatic heterocycles. The van der Waals surface area contributed by atoms with E-state index in [1.807, 2.05) is 6.92 Å². The average Bonchev–Trinajstić information content (AvgIpc) is 2.78. The van der Waals surface area contributed by atoms with Gasteiger partial charge in [-0.25, -0.2) is 0 Å². The number of aromatic nitrogens is 2. The van der Waals surface area contributed by atoms with Crippen LogP contribution in [0.15, 0.2) is 64.4 Å². The Balaban J connectivity index is 1.84. The predicted octanol–water partition coefficient (Wildman–Crippen LogP) is 2.05. The molecule has 0 fully saturated rings. The molecule has 0 saturated carbocycles. The number of hydrogen-bond acceptors (Lipinski definition) is 6. The number of carbonyl (C=O) groups excluding carboxylic acids is 1. The summed E-state index contributed by atoms with van der Waals surface area (Å²) in [5, 5.41) is 2.67. The molecule has 0 radical (unpaired) electrons. The second kappa shape index (κ2) is 9.66. The molecule has 0 aliphatic rings. The quantitative estimate of drug-likeness (QED) is 0.555. The van der Waals surface area contributed by atoms with Gasteiger partial charge in [0.1, 0.15) is 23.8 Å². The first kappa shape index (κ1) is 21.7. The van der Waals surface area contributed by atoms with Crippen LogP contribution in [0.4, 0.5) is 5.69 Å². The summed E-state index contributed by atoms with van der Waals surface area (Å²) in [6, 6.07) is 11.8. The summed E-state index contributed by atoms with van der Waals surface area (Å²) in [4.78, 5) is 37.7. The maximum absolute atomic E-state index is 12.7. The van der Waals surface area contributed by atoms with E-state index in [9.17, 15) is 14.4 Å². The van der Waals surface area contributed by atoms with E-state index in [4.69, 9.17) is 14.2 Å². The van der Waals surface area contributed by atoms with Gasteiger partial charge in [-0.05, 0) is 31.2 Å². The molecule has 3 aromatic rings. The zero-order valence-corrected chi connectivity index (χ0v) is 17.5. The van der Waals surface area contributed by atoms with Crippen molar-refractivity contribution in [3.63, 3.8) is 0 Å². The number of rotatable bonds is 8. The summed E-state index contributed by atoms with van der Waals surface area (Å²) in [6.45, 7) is 1.91. The van der Waals surface area contributed by atoms with Crippen LogP contribution in [-0.2, 0) is 11.3 Å². The standard InChI is InChI=1S/C22H23N3O6/c1-4-31-18-8-6-5-7-17(18)25-12-11-24(21(27)22(25)28)14-20(26)23-16-10-9-15(29-2)13-19(16)30-3/h5-13H,4,14H2,1-3H3,(H,23,26). The summed E-state index contributed by atoms with van der Waals surface area (Å²) in [5.74, 6) is 0.969. The highest BCUT2D eigenvalue weighted by Gasteiger charge is 2.14. The van der Waals surface area contributed by atoms with Gasteiger partial charge in [0.2, 0.25) is 5.91 Å². The summed E-state index contributed by atoms with van der Waals surface area (Å²) >= 11 is 0. The van der Waals surface area contributed by atoms with Gasteiger partial charge in [0.05, 0.1) is 32.2 Å². The first-order chi connectivity index (χ1) is 15.0. The normalized spacial score (nSPS) is 10.4. The number of amides is 1. The van der Waals surface area contributed by atoms with Crippen molar-refractivity contribution in [1.29, 1.82) is 0 Å². The SMILES string of the molecule is CCOc1ccccc1-n1ccn(CC(=O)Nc2ccc(OC)cc2OC)c(=O)c1=O. The van der Waals surface area contributed by atoms with Crippen LogP contribution in [0, 0.1) is 0 Å². The fourth-order valence-corrected chi connectivity index (χ4v) is 3.00. The Morgan fingerprint density at radius 1 is 0.968 bits per heavy atom. The van der Waals surface area contributed by atoms with E-state index >= 15 is 0 Å². The minimum Gasteiger partial charge on any atom is -0.497 e. The number of ether oxygens (including phenoxy) is 3. The lowest BCUT2D eigenvalue weighted by atomic mass is 10.2. The third-order valence-corrected chi connectivity index (χ3v) is 4.48. The van der Waals surface area contributed by atoms with Crippen LogP contribution in [0.3, 0.4) is 0 Å². The number of benzene rings is 2.